The molecule has 2 aliphatic heterocycles. The zero-order valence-corrected chi connectivity index (χ0v) is 24.0. The van der Waals surface area contributed by atoms with Gasteiger partial charge in [0.2, 0.25) is 23.6 Å². The third kappa shape index (κ3) is 3.36. The number of benzene rings is 2. The number of nitrogens with zero attached hydrogens (tertiary/aromatic N) is 2. The summed E-state index contributed by atoms with van der Waals surface area (Å²) in [6.45, 7) is 9.19. The minimum absolute atomic E-state index is 0.115. The molecular weight excluding hydrogens is 520 g/mol. The molecule has 41 heavy (non-hydrogen) atoms. The minimum atomic E-state index is -1.41. The molecule has 8 nitrogen and oxygen atoms in total. The summed E-state index contributed by atoms with van der Waals surface area (Å²) in [5.41, 5.74) is 2.12. The van der Waals surface area contributed by atoms with Crippen molar-refractivity contribution in [1.29, 1.82) is 0 Å². The van der Waals surface area contributed by atoms with Gasteiger partial charge in [0, 0.05) is 16.9 Å². The van der Waals surface area contributed by atoms with Crippen molar-refractivity contribution in [2.75, 3.05) is 16.4 Å². The lowest BCUT2D eigenvalue weighted by atomic mass is 9.43. The van der Waals surface area contributed by atoms with Crippen LogP contribution in [0, 0.1) is 35.0 Å². The van der Waals surface area contributed by atoms with E-state index in [1.807, 2.05) is 38.1 Å². The van der Waals surface area contributed by atoms with Crippen molar-refractivity contribution in [3.05, 3.63) is 70.8 Å². The van der Waals surface area contributed by atoms with Gasteiger partial charge in [-0.25, -0.2) is 14.6 Å². The molecule has 2 aromatic carbocycles. The van der Waals surface area contributed by atoms with Crippen LogP contribution >= 0.6 is 0 Å². The first kappa shape index (κ1) is 27.1. The first-order valence-electron chi connectivity index (χ1n) is 14.4. The maximum Gasteiger partial charge on any atom is 0.334 e. The number of hydrogen-bond acceptors (Lipinski definition) is 6. The monoisotopic (exact) mass is 554 g/mol. The molecular formula is C33H34N2O6. The molecule has 5 aliphatic rings. The second-order valence-corrected chi connectivity index (χ2v) is 11.6. The van der Waals surface area contributed by atoms with Gasteiger partial charge in [0.15, 0.2) is 0 Å². The predicted molar refractivity (Wildman–Crippen MR) is 152 cm³/mol. The lowest BCUT2D eigenvalue weighted by Gasteiger charge is -2.55. The number of para-hydroxylation sites is 2. The second kappa shape index (κ2) is 9.50. The summed E-state index contributed by atoms with van der Waals surface area (Å²) in [7, 11) is 0. The van der Waals surface area contributed by atoms with Crippen molar-refractivity contribution < 1.29 is 28.7 Å². The Balaban J connectivity index is 1.56. The van der Waals surface area contributed by atoms with Crippen LogP contribution in [0.15, 0.2) is 59.7 Å². The lowest BCUT2D eigenvalue weighted by molar-refractivity contribution is -0.155. The highest BCUT2D eigenvalue weighted by Gasteiger charge is 2.77. The molecule has 3 fully saturated rings. The summed E-state index contributed by atoms with van der Waals surface area (Å²) in [6.07, 6.45) is 1.23. The van der Waals surface area contributed by atoms with Gasteiger partial charge >= 0.3 is 5.97 Å². The molecule has 2 aromatic rings. The van der Waals surface area contributed by atoms with Gasteiger partial charge < -0.3 is 4.74 Å². The number of rotatable bonds is 6. The van der Waals surface area contributed by atoms with E-state index in [9.17, 15) is 24.0 Å². The average Bonchev–Trinajstić information content (AvgIpc) is 3.39. The number of hydrogen-bond donors (Lipinski definition) is 0. The Morgan fingerprint density at radius 3 is 1.59 bits per heavy atom. The Hall–Kier alpha value is -4.07. The van der Waals surface area contributed by atoms with Crippen molar-refractivity contribution in [1.82, 2.24) is 0 Å². The molecule has 4 amide bonds. The fraction of sp³-hybridized carbons (Fsp3) is 0.424. The quantitative estimate of drug-likeness (QED) is 0.391. The van der Waals surface area contributed by atoms with Crippen molar-refractivity contribution >= 4 is 41.0 Å². The first-order chi connectivity index (χ1) is 19.6. The summed E-state index contributed by atoms with van der Waals surface area (Å²) in [4.78, 5) is 73.4. The number of imide groups is 2. The highest BCUT2D eigenvalue weighted by molar-refractivity contribution is 6.28. The normalized spacial score (nSPS) is 30.3. The van der Waals surface area contributed by atoms with Gasteiger partial charge in [-0.2, -0.15) is 0 Å². The van der Waals surface area contributed by atoms with E-state index in [2.05, 4.69) is 0 Å². The van der Waals surface area contributed by atoms with E-state index in [-0.39, 0.29) is 24.0 Å². The van der Waals surface area contributed by atoms with Gasteiger partial charge in [-0.15, -0.1) is 0 Å². The zero-order valence-electron chi connectivity index (χ0n) is 24.0. The van der Waals surface area contributed by atoms with E-state index in [0.717, 1.165) is 11.1 Å². The molecule has 2 saturated heterocycles. The number of carbonyl (C=O) groups is 5. The number of amides is 4. The molecule has 7 rings (SSSR count). The molecule has 1 saturated carbocycles. The minimum Gasteiger partial charge on any atom is -0.463 e. The van der Waals surface area contributed by atoms with Crippen LogP contribution < -0.4 is 9.80 Å². The van der Waals surface area contributed by atoms with Crippen molar-refractivity contribution in [2.45, 2.75) is 47.5 Å². The molecule has 0 radical (unpaired) electrons. The molecule has 212 valence electrons. The maximum atomic E-state index is 14.4. The predicted octanol–water partition coefficient (Wildman–Crippen LogP) is 4.25. The highest BCUT2D eigenvalue weighted by Crippen LogP contribution is 2.69. The summed E-state index contributed by atoms with van der Waals surface area (Å²) >= 11 is 0. The van der Waals surface area contributed by atoms with Gasteiger partial charge in [-0.1, -0.05) is 62.7 Å². The van der Waals surface area contributed by atoms with Crippen molar-refractivity contribution in [3.8, 4) is 0 Å². The summed E-state index contributed by atoms with van der Waals surface area (Å²) < 4.78 is 5.47. The van der Waals surface area contributed by atoms with Crippen LogP contribution in [0.25, 0.3) is 0 Å². The molecule has 0 aromatic heterocycles. The Kier molecular flexibility index (Phi) is 6.28. The number of allylic oxidation sites excluding steroid dienone is 1. The third-order valence-electron chi connectivity index (χ3n) is 9.91. The molecule has 2 heterocycles. The van der Waals surface area contributed by atoms with E-state index >= 15 is 0 Å². The molecule has 0 unspecified atom stereocenters. The molecule has 0 N–H and O–H groups in total. The zero-order chi connectivity index (χ0) is 29.4. The van der Waals surface area contributed by atoms with E-state index in [1.54, 1.807) is 45.0 Å². The Morgan fingerprint density at radius 2 is 1.17 bits per heavy atom. The van der Waals surface area contributed by atoms with E-state index < -0.39 is 52.8 Å². The van der Waals surface area contributed by atoms with E-state index in [4.69, 9.17) is 4.74 Å². The van der Waals surface area contributed by atoms with Crippen LogP contribution in [0.4, 0.5) is 11.4 Å². The van der Waals surface area contributed by atoms with Crippen LogP contribution in [-0.2, 0) is 41.6 Å². The Morgan fingerprint density at radius 1 is 0.732 bits per heavy atom. The van der Waals surface area contributed by atoms with Crippen molar-refractivity contribution in [2.24, 2.45) is 35.0 Å². The Bertz CT molecular complexity index is 1460. The maximum absolute atomic E-state index is 14.4. The van der Waals surface area contributed by atoms with Crippen molar-refractivity contribution in [3.63, 3.8) is 0 Å². The standard InChI is InChI=1S/C33H34N2O6/c1-6-18-13-9-11-15-20(18)34-28(36)23-22-17(4)25(32(40)41-8-3)33(5,26(23)30(34)38)27-24(22)29(37)35(31(27)39)21-16-12-10-14-19(21)7-2/h9-16,22-24,26-27H,6-8H2,1-5H3/t22?,23-,24-,26-,27-,33?/m0/s1. The largest absolute Gasteiger partial charge is 0.463 e. The number of anilines is 2. The van der Waals surface area contributed by atoms with Gasteiger partial charge in [0.05, 0.1) is 41.7 Å². The number of ether oxygens (including phenoxy) is 1. The van der Waals surface area contributed by atoms with Crippen LogP contribution in [0.3, 0.4) is 0 Å². The number of esters is 1. The van der Waals surface area contributed by atoms with Gasteiger partial charge in [-0.05, 0) is 49.9 Å². The number of carbonyl (C=O) groups excluding carboxylic acids is 5. The fourth-order valence-electron chi connectivity index (χ4n) is 8.34. The van der Waals surface area contributed by atoms with Crippen LogP contribution in [0.2, 0.25) is 0 Å². The fourth-order valence-corrected chi connectivity index (χ4v) is 8.34. The van der Waals surface area contributed by atoms with E-state index in [0.29, 0.717) is 29.8 Å². The highest BCUT2D eigenvalue weighted by atomic mass is 16.5. The first-order valence-corrected chi connectivity index (χ1v) is 14.4. The number of aryl methyl sites for hydroxylation is 2. The van der Waals surface area contributed by atoms with Gasteiger partial charge in [0.25, 0.3) is 0 Å². The molecule has 4 atom stereocenters. The summed E-state index contributed by atoms with van der Waals surface area (Å²) in [5.74, 6) is -6.71. The lowest BCUT2D eigenvalue weighted by Crippen LogP contribution is -2.61. The third-order valence-corrected chi connectivity index (χ3v) is 9.91. The molecule has 2 bridgehead atoms. The van der Waals surface area contributed by atoms with Gasteiger partial charge in [-0.3, -0.25) is 19.2 Å². The summed E-state index contributed by atoms with van der Waals surface area (Å²) in [6, 6.07) is 14.6. The van der Waals surface area contributed by atoms with Crippen LogP contribution in [0.5, 0.6) is 0 Å². The Labute approximate surface area is 239 Å². The average molecular weight is 555 g/mol. The molecule has 8 heteroatoms. The topological polar surface area (TPSA) is 101 Å². The van der Waals surface area contributed by atoms with E-state index in [1.165, 1.54) is 9.80 Å². The summed E-state index contributed by atoms with van der Waals surface area (Å²) in [5, 5.41) is 0. The molecule has 3 aliphatic carbocycles. The molecule has 0 spiro atoms. The SMILES string of the molecule is CCOC(=O)C1=C(C)C2[C@@H]3C(=O)N(c4ccccc4CC)C(=O)[C@H]3C1(C)[C@@H]1C(=O)N(c3ccccc3CC)C(=O)[C@@H]21. The van der Waals surface area contributed by atoms with Crippen LogP contribution in [0.1, 0.15) is 45.7 Å². The van der Waals surface area contributed by atoms with Gasteiger partial charge in [0.1, 0.15) is 0 Å². The second-order valence-electron chi connectivity index (χ2n) is 11.6. The van der Waals surface area contributed by atoms with Crippen LogP contribution in [-0.4, -0.2) is 36.2 Å². The smallest absolute Gasteiger partial charge is 0.334 e.